The highest BCUT2D eigenvalue weighted by Crippen LogP contribution is 2.25. The Morgan fingerprint density at radius 1 is 1.00 bits per heavy atom. The fourth-order valence-corrected chi connectivity index (χ4v) is 2.65. The maximum absolute atomic E-state index is 13.7. The van der Waals surface area contributed by atoms with E-state index in [0.717, 1.165) is 31.9 Å². The number of hydrogen-bond acceptors (Lipinski definition) is 4. The molecule has 1 aromatic heterocycles. The smallest absolute Gasteiger partial charge is 0.143 e. The molecule has 2 heterocycles. The molecule has 1 saturated heterocycles. The van der Waals surface area contributed by atoms with Crippen molar-refractivity contribution in [3.8, 4) is 6.07 Å². The Bertz CT molecular complexity index is 658. The molecule has 0 saturated carbocycles. The van der Waals surface area contributed by atoms with Crippen LogP contribution >= 0.6 is 0 Å². The number of aromatic nitrogens is 1. The summed E-state index contributed by atoms with van der Waals surface area (Å²) in [6.07, 6.45) is 3.56. The number of benzene rings is 1. The third-order valence-corrected chi connectivity index (χ3v) is 3.75. The molecule has 5 heteroatoms. The van der Waals surface area contributed by atoms with Crippen LogP contribution in [0.4, 0.5) is 15.8 Å². The molecule has 0 aliphatic carbocycles. The first-order valence-electron chi connectivity index (χ1n) is 6.88. The first kappa shape index (κ1) is 13.4. The quantitative estimate of drug-likeness (QED) is 0.848. The second kappa shape index (κ2) is 5.80. The Kier molecular flexibility index (Phi) is 3.69. The predicted octanol–water partition coefficient (Wildman–Crippen LogP) is 2.42. The Morgan fingerprint density at radius 2 is 1.67 bits per heavy atom. The lowest BCUT2D eigenvalue weighted by molar-refractivity contribution is 0.616. The third-order valence-electron chi connectivity index (χ3n) is 3.75. The molecule has 2 aromatic rings. The van der Waals surface area contributed by atoms with E-state index in [4.69, 9.17) is 5.26 Å². The zero-order valence-electron chi connectivity index (χ0n) is 11.5. The highest BCUT2D eigenvalue weighted by atomic mass is 19.1. The summed E-state index contributed by atoms with van der Waals surface area (Å²) in [5, 5.41) is 9.13. The van der Waals surface area contributed by atoms with Gasteiger partial charge in [-0.15, -0.1) is 0 Å². The number of nitrogens with zero attached hydrogens (tertiary/aromatic N) is 4. The molecule has 0 radical (unpaired) electrons. The summed E-state index contributed by atoms with van der Waals surface area (Å²) in [6, 6.07) is 10.7. The largest absolute Gasteiger partial charge is 0.368 e. The zero-order chi connectivity index (χ0) is 14.7. The number of hydrogen-bond donors (Lipinski definition) is 0. The van der Waals surface area contributed by atoms with Crippen LogP contribution in [0.1, 0.15) is 5.56 Å². The minimum Gasteiger partial charge on any atom is -0.368 e. The summed E-state index contributed by atoms with van der Waals surface area (Å²) in [5.74, 6) is -0.452. The summed E-state index contributed by atoms with van der Waals surface area (Å²) in [6.45, 7) is 3.21. The van der Waals surface area contributed by atoms with Crippen LogP contribution in [0.5, 0.6) is 0 Å². The van der Waals surface area contributed by atoms with Crippen molar-refractivity contribution in [1.29, 1.82) is 5.26 Å². The van der Waals surface area contributed by atoms with Gasteiger partial charge in [-0.2, -0.15) is 5.26 Å². The molecule has 1 aliphatic heterocycles. The van der Waals surface area contributed by atoms with E-state index in [1.807, 2.05) is 24.3 Å². The number of pyridine rings is 1. The van der Waals surface area contributed by atoms with Crippen LogP contribution in [0.15, 0.2) is 42.7 Å². The topological polar surface area (TPSA) is 43.2 Å². The van der Waals surface area contributed by atoms with Crippen LogP contribution < -0.4 is 9.80 Å². The SMILES string of the molecule is N#Cc1c(F)cccc1N1CCN(c2ccncc2)CC1. The number of halogens is 1. The predicted molar refractivity (Wildman–Crippen MR) is 79.8 cm³/mol. The van der Waals surface area contributed by atoms with E-state index in [0.29, 0.717) is 5.69 Å². The van der Waals surface area contributed by atoms with E-state index >= 15 is 0 Å². The Labute approximate surface area is 123 Å². The lowest BCUT2D eigenvalue weighted by Crippen LogP contribution is -2.46. The van der Waals surface area contributed by atoms with Gasteiger partial charge < -0.3 is 9.80 Å². The van der Waals surface area contributed by atoms with Crippen molar-refractivity contribution in [2.75, 3.05) is 36.0 Å². The molecule has 0 amide bonds. The molecule has 1 aromatic carbocycles. The van der Waals surface area contributed by atoms with Crippen molar-refractivity contribution in [2.24, 2.45) is 0 Å². The maximum Gasteiger partial charge on any atom is 0.143 e. The van der Waals surface area contributed by atoms with Crippen LogP contribution in [0, 0.1) is 17.1 Å². The fourth-order valence-electron chi connectivity index (χ4n) is 2.65. The molecular formula is C16H15FN4. The molecule has 4 nitrogen and oxygen atoms in total. The Morgan fingerprint density at radius 3 is 2.33 bits per heavy atom. The van der Waals surface area contributed by atoms with Crippen molar-refractivity contribution < 1.29 is 4.39 Å². The van der Waals surface area contributed by atoms with Crippen LogP contribution in [0.2, 0.25) is 0 Å². The summed E-state index contributed by atoms with van der Waals surface area (Å²) in [5.41, 5.74) is 1.96. The highest BCUT2D eigenvalue weighted by molar-refractivity contribution is 5.61. The summed E-state index contributed by atoms with van der Waals surface area (Å²) < 4.78 is 13.7. The van der Waals surface area contributed by atoms with Crippen molar-refractivity contribution in [2.45, 2.75) is 0 Å². The second-order valence-corrected chi connectivity index (χ2v) is 4.93. The van der Waals surface area contributed by atoms with Gasteiger partial charge in [0.2, 0.25) is 0 Å². The number of anilines is 2. The van der Waals surface area contributed by atoms with Gasteiger partial charge in [-0.1, -0.05) is 6.07 Å². The molecular weight excluding hydrogens is 267 g/mol. The van der Waals surface area contributed by atoms with Crippen molar-refractivity contribution in [3.05, 3.63) is 54.1 Å². The standard InChI is InChI=1S/C16H15FN4/c17-15-2-1-3-16(14(15)12-18)21-10-8-20(9-11-21)13-4-6-19-7-5-13/h1-7H,8-11H2. The highest BCUT2D eigenvalue weighted by Gasteiger charge is 2.20. The van der Waals surface area contributed by atoms with Gasteiger partial charge in [0.25, 0.3) is 0 Å². The van der Waals surface area contributed by atoms with Crippen LogP contribution in [0.25, 0.3) is 0 Å². The molecule has 0 N–H and O–H groups in total. The minimum absolute atomic E-state index is 0.134. The number of rotatable bonds is 2. The van der Waals surface area contributed by atoms with Gasteiger partial charge in [0.1, 0.15) is 17.4 Å². The van der Waals surface area contributed by atoms with Crippen molar-refractivity contribution in [1.82, 2.24) is 4.98 Å². The maximum atomic E-state index is 13.7. The summed E-state index contributed by atoms with van der Waals surface area (Å²) in [7, 11) is 0. The van der Waals surface area contributed by atoms with Crippen LogP contribution in [0.3, 0.4) is 0 Å². The van der Waals surface area contributed by atoms with E-state index in [9.17, 15) is 4.39 Å². The lowest BCUT2D eigenvalue weighted by atomic mass is 10.1. The molecule has 0 spiro atoms. The van der Waals surface area contributed by atoms with Gasteiger partial charge in [-0.3, -0.25) is 4.98 Å². The van der Waals surface area contributed by atoms with Crippen LogP contribution in [-0.2, 0) is 0 Å². The van der Waals surface area contributed by atoms with E-state index in [2.05, 4.69) is 14.8 Å². The second-order valence-electron chi connectivity index (χ2n) is 4.93. The average molecular weight is 282 g/mol. The third kappa shape index (κ3) is 2.65. The normalized spacial score (nSPS) is 14.9. The first-order valence-corrected chi connectivity index (χ1v) is 6.88. The zero-order valence-corrected chi connectivity index (χ0v) is 11.5. The summed E-state index contributed by atoms with van der Waals surface area (Å²) in [4.78, 5) is 8.36. The van der Waals surface area contributed by atoms with Crippen LogP contribution in [-0.4, -0.2) is 31.2 Å². The van der Waals surface area contributed by atoms with E-state index in [1.165, 1.54) is 6.07 Å². The molecule has 0 bridgehead atoms. The Balaban J connectivity index is 1.75. The molecule has 1 fully saturated rings. The van der Waals surface area contributed by atoms with Gasteiger partial charge >= 0.3 is 0 Å². The van der Waals surface area contributed by atoms with Crippen molar-refractivity contribution in [3.63, 3.8) is 0 Å². The van der Waals surface area contributed by atoms with E-state index in [1.54, 1.807) is 18.5 Å². The van der Waals surface area contributed by atoms with E-state index in [-0.39, 0.29) is 5.56 Å². The van der Waals surface area contributed by atoms with Crippen molar-refractivity contribution >= 4 is 11.4 Å². The molecule has 106 valence electrons. The minimum atomic E-state index is -0.452. The fraction of sp³-hybridized carbons (Fsp3) is 0.250. The van der Waals surface area contributed by atoms with Gasteiger partial charge in [0, 0.05) is 44.3 Å². The molecule has 3 rings (SSSR count). The summed E-state index contributed by atoms with van der Waals surface area (Å²) >= 11 is 0. The monoisotopic (exact) mass is 282 g/mol. The van der Waals surface area contributed by atoms with Gasteiger partial charge in [-0.05, 0) is 24.3 Å². The number of nitriles is 1. The lowest BCUT2D eigenvalue weighted by Gasteiger charge is -2.37. The molecule has 1 aliphatic rings. The number of piperazine rings is 1. The molecule has 21 heavy (non-hydrogen) atoms. The van der Waals surface area contributed by atoms with Gasteiger partial charge in [-0.25, -0.2) is 4.39 Å². The van der Waals surface area contributed by atoms with Gasteiger partial charge in [0.15, 0.2) is 0 Å². The molecule has 0 unspecified atom stereocenters. The average Bonchev–Trinajstić information content (AvgIpc) is 2.55. The Hall–Kier alpha value is -2.61. The van der Waals surface area contributed by atoms with Gasteiger partial charge in [0.05, 0.1) is 5.69 Å². The van der Waals surface area contributed by atoms with E-state index < -0.39 is 5.82 Å². The molecule has 0 atom stereocenters. The first-order chi connectivity index (χ1) is 10.3.